The second-order valence-corrected chi connectivity index (χ2v) is 8.20. The van der Waals surface area contributed by atoms with Gasteiger partial charge in [-0.15, -0.1) is 0 Å². The summed E-state index contributed by atoms with van der Waals surface area (Å²) in [6.45, 7) is 4.82. The fourth-order valence-electron chi connectivity index (χ4n) is 4.28. The highest BCUT2D eigenvalue weighted by molar-refractivity contribution is 5.86. The summed E-state index contributed by atoms with van der Waals surface area (Å²) in [6.07, 6.45) is 0.736. The molecule has 5 aromatic rings. The van der Waals surface area contributed by atoms with Crippen molar-refractivity contribution in [3.05, 3.63) is 112 Å². The Balaban J connectivity index is 1.75. The van der Waals surface area contributed by atoms with E-state index in [9.17, 15) is 5.26 Å². The third kappa shape index (κ3) is 3.48. The monoisotopic (exact) mass is 416 g/mol. The number of hydrogen-bond donors (Lipinski definition) is 1. The number of benzene rings is 3. The van der Waals surface area contributed by atoms with Gasteiger partial charge in [0.15, 0.2) is 5.65 Å². The highest BCUT2D eigenvalue weighted by Gasteiger charge is 2.21. The summed E-state index contributed by atoms with van der Waals surface area (Å²) in [7, 11) is 0. The number of nitrogens with one attached hydrogen (secondary N) is 1. The number of aryl methyl sites for hydroxylation is 1. The van der Waals surface area contributed by atoms with Crippen LogP contribution in [-0.4, -0.2) is 9.38 Å². The molecule has 4 heteroatoms. The number of nitrogens with zero attached hydrogens (tertiary/aromatic N) is 3. The standard InChI is InChI=1S/C28H24N4/c1-19-12-14-21(15-13-19)16-23-20(2)24(17-29)28-31-25-10-6-7-11-26(25)32(28)27(23)30-18-22-8-4-3-5-9-22/h3-15,30H,16,18H2,1-2H3. The highest BCUT2D eigenvalue weighted by atomic mass is 15.1. The van der Waals surface area contributed by atoms with Gasteiger partial charge in [0, 0.05) is 18.5 Å². The van der Waals surface area contributed by atoms with Gasteiger partial charge in [-0.1, -0.05) is 72.3 Å². The number of rotatable bonds is 5. The summed E-state index contributed by atoms with van der Waals surface area (Å²) >= 11 is 0. The molecule has 2 heterocycles. The van der Waals surface area contributed by atoms with Crippen LogP contribution in [0.4, 0.5) is 5.82 Å². The molecule has 0 unspecified atom stereocenters. The van der Waals surface area contributed by atoms with Gasteiger partial charge in [0.05, 0.1) is 16.6 Å². The Morgan fingerprint density at radius 3 is 2.34 bits per heavy atom. The molecule has 0 aliphatic rings. The van der Waals surface area contributed by atoms with Gasteiger partial charge in [0.1, 0.15) is 11.9 Å². The van der Waals surface area contributed by atoms with E-state index in [0.717, 1.165) is 34.4 Å². The number of aromatic nitrogens is 2. The van der Waals surface area contributed by atoms with E-state index in [1.165, 1.54) is 16.7 Å². The molecule has 156 valence electrons. The van der Waals surface area contributed by atoms with Crippen molar-refractivity contribution in [3.8, 4) is 6.07 Å². The number of para-hydroxylation sites is 2. The zero-order valence-electron chi connectivity index (χ0n) is 18.3. The smallest absolute Gasteiger partial charge is 0.157 e. The SMILES string of the molecule is Cc1ccc(Cc2c(C)c(C#N)c3nc4ccccc4n3c2NCc2ccccc2)cc1. The highest BCUT2D eigenvalue weighted by Crippen LogP contribution is 2.32. The Labute approximate surface area is 187 Å². The van der Waals surface area contributed by atoms with Gasteiger partial charge in [-0.3, -0.25) is 4.40 Å². The fraction of sp³-hybridized carbons (Fsp3) is 0.143. The zero-order valence-corrected chi connectivity index (χ0v) is 18.3. The van der Waals surface area contributed by atoms with Gasteiger partial charge in [-0.2, -0.15) is 5.26 Å². The molecule has 0 saturated heterocycles. The fourth-order valence-corrected chi connectivity index (χ4v) is 4.28. The first kappa shape index (κ1) is 19.8. The third-order valence-corrected chi connectivity index (χ3v) is 6.04. The molecule has 0 spiro atoms. The van der Waals surface area contributed by atoms with E-state index in [-0.39, 0.29) is 0 Å². The summed E-state index contributed by atoms with van der Waals surface area (Å²) in [5.41, 5.74) is 8.98. The minimum absolute atomic E-state index is 0.633. The van der Waals surface area contributed by atoms with Crippen molar-refractivity contribution in [1.82, 2.24) is 9.38 Å². The van der Waals surface area contributed by atoms with Crippen LogP contribution in [0.15, 0.2) is 78.9 Å². The molecule has 2 aromatic heterocycles. The molecule has 3 aromatic carbocycles. The van der Waals surface area contributed by atoms with Crippen molar-refractivity contribution >= 4 is 22.5 Å². The number of hydrogen-bond acceptors (Lipinski definition) is 3. The van der Waals surface area contributed by atoms with Crippen molar-refractivity contribution in [2.45, 2.75) is 26.8 Å². The first-order valence-electron chi connectivity index (χ1n) is 10.8. The Kier molecular flexibility index (Phi) is 5.09. The van der Waals surface area contributed by atoms with Crippen LogP contribution in [0, 0.1) is 25.2 Å². The van der Waals surface area contributed by atoms with Crippen molar-refractivity contribution in [3.63, 3.8) is 0 Å². The molecule has 4 nitrogen and oxygen atoms in total. The van der Waals surface area contributed by atoms with E-state index in [0.29, 0.717) is 17.8 Å². The Bertz CT molecular complexity index is 1460. The van der Waals surface area contributed by atoms with Crippen molar-refractivity contribution in [2.24, 2.45) is 0 Å². The predicted octanol–water partition coefficient (Wildman–Crippen LogP) is 6.18. The van der Waals surface area contributed by atoms with Crippen LogP contribution in [0.2, 0.25) is 0 Å². The molecule has 0 saturated carbocycles. The lowest BCUT2D eigenvalue weighted by Gasteiger charge is -2.19. The maximum absolute atomic E-state index is 10.0. The number of anilines is 1. The molecule has 0 aliphatic heterocycles. The maximum atomic E-state index is 10.0. The normalized spacial score (nSPS) is 11.0. The van der Waals surface area contributed by atoms with Crippen LogP contribution in [0.25, 0.3) is 16.7 Å². The van der Waals surface area contributed by atoms with Gasteiger partial charge < -0.3 is 5.32 Å². The van der Waals surface area contributed by atoms with E-state index in [1.54, 1.807) is 0 Å². The van der Waals surface area contributed by atoms with E-state index < -0.39 is 0 Å². The molecule has 0 aliphatic carbocycles. The van der Waals surface area contributed by atoms with Gasteiger partial charge in [-0.25, -0.2) is 4.98 Å². The molecule has 0 amide bonds. The van der Waals surface area contributed by atoms with Crippen molar-refractivity contribution < 1.29 is 0 Å². The Morgan fingerprint density at radius 1 is 0.875 bits per heavy atom. The first-order chi connectivity index (χ1) is 15.7. The molecular weight excluding hydrogens is 392 g/mol. The lowest BCUT2D eigenvalue weighted by atomic mass is 9.97. The predicted molar refractivity (Wildman–Crippen MR) is 130 cm³/mol. The lowest BCUT2D eigenvalue weighted by molar-refractivity contribution is 1.03. The number of imidazole rings is 1. The van der Waals surface area contributed by atoms with E-state index >= 15 is 0 Å². The third-order valence-electron chi connectivity index (χ3n) is 6.04. The topological polar surface area (TPSA) is 53.1 Å². The van der Waals surface area contributed by atoms with E-state index in [4.69, 9.17) is 4.98 Å². The molecule has 0 fully saturated rings. The minimum atomic E-state index is 0.633. The molecule has 0 atom stereocenters. The number of pyridine rings is 1. The molecule has 32 heavy (non-hydrogen) atoms. The van der Waals surface area contributed by atoms with Crippen LogP contribution in [0.1, 0.15) is 33.4 Å². The van der Waals surface area contributed by atoms with Gasteiger partial charge in [0.2, 0.25) is 0 Å². The maximum Gasteiger partial charge on any atom is 0.157 e. The average molecular weight is 417 g/mol. The van der Waals surface area contributed by atoms with Crippen LogP contribution >= 0.6 is 0 Å². The Hall–Kier alpha value is -4.10. The average Bonchev–Trinajstić information content (AvgIpc) is 3.20. The van der Waals surface area contributed by atoms with Crippen LogP contribution in [0.5, 0.6) is 0 Å². The molecule has 0 bridgehead atoms. The van der Waals surface area contributed by atoms with E-state index in [2.05, 4.69) is 77.3 Å². The lowest BCUT2D eigenvalue weighted by Crippen LogP contribution is -2.11. The van der Waals surface area contributed by atoms with Crippen LogP contribution < -0.4 is 5.32 Å². The largest absolute Gasteiger partial charge is 0.367 e. The summed E-state index contributed by atoms with van der Waals surface area (Å²) < 4.78 is 2.12. The number of nitriles is 1. The van der Waals surface area contributed by atoms with Gasteiger partial charge in [-0.05, 0) is 42.7 Å². The van der Waals surface area contributed by atoms with Gasteiger partial charge >= 0.3 is 0 Å². The zero-order chi connectivity index (χ0) is 22.1. The van der Waals surface area contributed by atoms with Crippen molar-refractivity contribution in [2.75, 3.05) is 5.32 Å². The second-order valence-electron chi connectivity index (χ2n) is 8.20. The number of fused-ring (bicyclic) bond motifs is 3. The second kappa shape index (κ2) is 8.20. The molecule has 0 radical (unpaired) electrons. The molecular formula is C28H24N4. The summed E-state index contributed by atoms with van der Waals surface area (Å²) in [6, 6.07) is 29.5. The molecule has 5 rings (SSSR count). The quantitative estimate of drug-likeness (QED) is 0.372. The minimum Gasteiger partial charge on any atom is -0.367 e. The van der Waals surface area contributed by atoms with Crippen LogP contribution in [-0.2, 0) is 13.0 Å². The van der Waals surface area contributed by atoms with Crippen molar-refractivity contribution in [1.29, 1.82) is 5.26 Å². The molecule has 1 N–H and O–H groups in total. The summed E-state index contributed by atoms with van der Waals surface area (Å²) in [4.78, 5) is 4.82. The van der Waals surface area contributed by atoms with Crippen LogP contribution in [0.3, 0.4) is 0 Å². The van der Waals surface area contributed by atoms with Gasteiger partial charge in [0.25, 0.3) is 0 Å². The Morgan fingerprint density at radius 2 is 1.59 bits per heavy atom. The first-order valence-corrected chi connectivity index (χ1v) is 10.8. The summed E-state index contributed by atoms with van der Waals surface area (Å²) in [5.74, 6) is 0.995. The summed E-state index contributed by atoms with van der Waals surface area (Å²) in [5, 5.41) is 13.7. The van der Waals surface area contributed by atoms with E-state index in [1.807, 2.05) is 31.2 Å².